The number of rotatable bonds is 5. The Morgan fingerprint density at radius 2 is 1.86 bits per heavy atom. The third-order valence-corrected chi connectivity index (χ3v) is 2.34. The van der Waals surface area contributed by atoms with Gasteiger partial charge in [-0.15, -0.1) is 6.58 Å². The SMILES string of the molecule is C=CCC(O)Cc1ccc(CC)cc1. The van der Waals surface area contributed by atoms with Crippen molar-refractivity contribution in [3.05, 3.63) is 48.0 Å². The molecule has 0 fully saturated rings. The van der Waals surface area contributed by atoms with E-state index >= 15 is 0 Å². The Morgan fingerprint density at radius 3 is 2.36 bits per heavy atom. The summed E-state index contributed by atoms with van der Waals surface area (Å²) in [7, 11) is 0. The van der Waals surface area contributed by atoms with Crippen LogP contribution < -0.4 is 0 Å². The lowest BCUT2D eigenvalue weighted by Crippen LogP contribution is -2.08. The van der Waals surface area contributed by atoms with E-state index in [1.807, 2.05) is 0 Å². The summed E-state index contributed by atoms with van der Waals surface area (Å²) in [5.74, 6) is 0. The van der Waals surface area contributed by atoms with Crippen LogP contribution in [0.1, 0.15) is 24.5 Å². The largest absolute Gasteiger partial charge is 0.392 e. The molecule has 0 aliphatic rings. The minimum absolute atomic E-state index is 0.292. The fourth-order valence-corrected chi connectivity index (χ4v) is 1.46. The first-order chi connectivity index (χ1) is 6.76. The molecular formula is C13H18O. The standard InChI is InChI=1S/C13H18O/c1-3-5-13(14)10-12-8-6-11(4-2)7-9-12/h3,6-9,13-14H,1,4-5,10H2,2H3. The van der Waals surface area contributed by atoms with Crippen molar-refractivity contribution in [1.29, 1.82) is 0 Å². The molecule has 14 heavy (non-hydrogen) atoms. The first-order valence-corrected chi connectivity index (χ1v) is 5.13. The molecule has 1 rings (SSSR count). The zero-order chi connectivity index (χ0) is 10.4. The molecule has 0 saturated heterocycles. The molecule has 0 spiro atoms. The minimum Gasteiger partial charge on any atom is -0.392 e. The van der Waals surface area contributed by atoms with Gasteiger partial charge in [-0.1, -0.05) is 37.3 Å². The van der Waals surface area contributed by atoms with Crippen molar-refractivity contribution in [3.63, 3.8) is 0 Å². The van der Waals surface area contributed by atoms with Crippen LogP contribution in [0.3, 0.4) is 0 Å². The second kappa shape index (κ2) is 5.61. The van der Waals surface area contributed by atoms with E-state index in [1.165, 1.54) is 11.1 Å². The van der Waals surface area contributed by atoms with Crippen LogP contribution >= 0.6 is 0 Å². The first-order valence-electron chi connectivity index (χ1n) is 5.13. The minimum atomic E-state index is -0.292. The van der Waals surface area contributed by atoms with Crippen molar-refractivity contribution in [3.8, 4) is 0 Å². The zero-order valence-corrected chi connectivity index (χ0v) is 8.74. The number of hydrogen-bond donors (Lipinski definition) is 1. The van der Waals surface area contributed by atoms with Crippen LogP contribution in [-0.4, -0.2) is 11.2 Å². The fraction of sp³-hybridized carbons (Fsp3) is 0.385. The van der Waals surface area contributed by atoms with Crippen LogP contribution in [0.4, 0.5) is 0 Å². The maximum Gasteiger partial charge on any atom is 0.0614 e. The predicted octanol–water partition coefficient (Wildman–Crippen LogP) is 2.73. The van der Waals surface area contributed by atoms with E-state index in [4.69, 9.17) is 0 Å². The van der Waals surface area contributed by atoms with E-state index in [0.717, 1.165) is 12.8 Å². The maximum atomic E-state index is 9.56. The van der Waals surface area contributed by atoms with Gasteiger partial charge in [0.15, 0.2) is 0 Å². The number of aryl methyl sites for hydroxylation is 1. The summed E-state index contributed by atoms with van der Waals surface area (Å²) in [6.45, 7) is 5.75. The Hall–Kier alpha value is -1.08. The van der Waals surface area contributed by atoms with E-state index in [2.05, 4.69) is 37.8 Å². The van der Waals surface area contributed by atoms with Crippen LogP contribution in [-0.2, 0) is 12.8 Å². The van der Waals surface area contributed by atoms with Gasteiger partial charge >= 0.3 is 0 Å². The van der Waals surface area contributed by atoms with Gasteiger partial charge in [-0.3, -0.25) is 0 Å². The van der Waals surface area contributed by atoms with Crippen molar-refractivity contribution in [2.24, 2.45) is 0 Å². The van der Waals surface area contributed by atoms with Crippen molar-refractivity contribution in [2.45, 2.75) is 32.3 Å². The Morgan fingerprint density at radius 1 is 1.29 bits per heavy atom. The molecule has 1 N–H and O–H groups in total. The average molecular weight is 190 g/mol. The van der Waals surface area contributed by atoms with E-state index in [1.54, 1.807) is 6.08 Å². The molecule has 1 nitrogen and oxygen atoms in total. The second-order valence-electron chi connectivity index (χ2n) is 3.55. The highest BCUT2D eigenvalue weighted by atomic mass is 16.3. The monoisotopic (exact) mass is 190 g/mol. The van der Waals surface area contributed by atoms with E-state index in [0.29, 0.717) is 6.42 Å². The Bertz CT molecular complexity index is 274. The highest BCUT2D eigenvalue weighted by molar-refractivity contribution is 5.23. The van der Waals surface area contributed by atoms with Crippen molar-refractivity contribution >= 4 is 0 Å². The summed E-state index contributed by atoms with van der Waals surface area (Å²) in [5.41, 5.74) is 2.53. The van der Waals surface area contributed by atoms with Crippen LogP contribution in [0, 0.1) is 0 Å². The molecule has 0 amide bonds. The molecule has 1 atom stereocenters. The number of aliphatic hydroxyl groups excluding tert-OH is 1. The quantitative estimate of drug-likeness (QED) is 0.708. The van der Waals surface area contributed by atoms with Gasteiger partial charge in [0, 0.05) is 0 Å². The lowest BCUT2D eigenvalue weighted by Gasteiger charge is -2.08. The number of aliphatic hydroxyl groups is 1. The van der Waals surface area contributed by atoms with Crippen LogP contribution in [0.5, 0.6) is 0 Å². The van der Waals surface area contributed by atoms with Gasteiger partial charge in [0.2, 0.25) is 0 Å². The molecule has 0 aliphatic carbocycles. The van der Waals surface area contributed by atoms with Crippen molar-refractivity contribution < 1.29 is 5.11 Å². The molecule has 0 aromatic heterocycles. The summed E-state index contributed by atoms with van der Waals surface area (Å²) in [6, 6.07) is 8.42. The Labute approximate surface area is 86.1 Å². The van der Waals surface area contributed by atoms with Gasteiger partial charge in [-0.2, -0.15) is 0 Å². The summed E-state index contributed by atoms with van der Waals surface area (Å²) >= 11 is 0. The third-order valence-electron chi connectivity index (χ3n) is 2.34. The molecule has 1 unspecified atom stereocenters. The van der Waals surface area contributed by atoms with Crippen molar-refractivity contribution in [2.75, 3.05) is 0 Å². The van der Waals surface area contributed by atoms with Crippen LogP contribution in [0.15, 0.2) is 36.9 Å². The molecule has 1 aromatic rings. The maximum absolute atomic E-state index is 9.56. The highest BCUT2D eigenvalue weighted by Crippen LogP contribution is 2.09. The van der Waals surface area contributed by atoms with Gasteiger partial charge in [-0.25, -0.2) is 0 Å². The summed E-state index contributed by atoms with van der Waals surface area (Å²) in [5, 5.41) is 9.56. The fourth-order valence-electron chi connectivity index (χ4n) is 1.46. The lowest BCUT2D eigenvalue weighted by atomic mass is 10.0. The number of hydrogen-bond acceptors (Lipinski definition) is 1. The highest BCUT2D eigenvalue weighted by Gasteiger charge is 2.02. The van der Waals surface area contributed by atoms with Gasteiger partial charge < -0.3 is 5.11 Å². The van der Waals surface area contributed by atoms with Gasteiger partial charge in [0.25, 0.3) is 0 Å². The van der Waals surface area contributed by atoms with E-state index in [9.17, 15) is 5.11 Å². The Balaban J connectivity index is 2.54. The molecule has 76 valence electrons. The third kappa shape index (κ3) is 3.35. The average Bonchev–Trinajstić information content (AvgIpc) is 2.19. The van der Waals surface area contributed by atoms with E-state index in [-0.39, 0.29) is 6.10 Å². The van der Waals surface area contributed by atoms with Gasteiger partial charge in [-0.05, 0) is 30.4 Å². The zero-order valence-electron chi connectivity index (χ0n) is 8.74. The number of benzene rings is 1. The molecule has 1 heteroatoms. The normalized spacial score (nSPS) is 12.4. The molecular weight excluding hydrogens is 172 g/mol. The van der Waals surface area contributed by atoms with Crippen LogP contribution in [0.25, 0.3) is 0 Å². The molecule has 0 bridgehead atoms. The van der Waals surface area contributed by atoms with Crippen molar-refractivity contribution in [1.82, 2.24) is 0 Å². The molecule has 1 aromatic carbocycles. The molecule has 0 heterocycles. The Kier molecular flexibility index (Phi) is 4.41. The van der Waals surface area contributed by atoms with Gasteiger partial charge in [0.05, 0.1) is 6.10 Å². The second-order valence-corrected chi connectivity index (χ2v) is 3.55. The first kappa shape index (κ1) is 11.0. The summed E-state index contributed by atoms with van der Waals surface area (Å²) in [4.78, 5) is 0. The lowest BCUT2D eigenvalue weighted by molar-refractivity contribution is 0.178. The summed E-state index contributed by atoms with van der Waals surface area (Å²) in [6.07, 6.45) is 3.91. The molecule has 0 radical (unpaired) electrons. The molecule has 0 saturated carbocycles. The summed E-state index contributed by atoms with van der Waals surface area (Å²) < 4.78 is 0. The predicted molar refractivity (Wildman–Crippen MR) is 60.3 cm³/mol. The smallest absolute Gasteiger partial charge is 0.0614 e. The van der Waals surface area contributed by atoms with Gasteiger partial charge in [0.1, 0.15) is 0 Å². The van der Waals surface area contributed by atoms with Crippen LogP contribution in [0.2, 0.25) is 0 Å². The van der Waals surface area contributed by atoms with E-state index < -0.39 is 0 Å². The topological polar surface area (TPSA) is 20.2 Å². The molecule has 0 aliphatic heterocycles.